The maximum absolute atomic E-state index is 13.7. The van der Waals surface area contributed by atoms with Gasteiger partial charge in [-0.2, -0.15) is 5.48 Å². The van der Waals surface area contributed by atoms with Crippen molar-refractivity contribution >= 4 is 0 Å². The first-order valence-corrected chi connectivity index (χ1v) is 6.15. The lowest BCUT2D eigenvalue weighted by atomic mass is 9.86. The van der Waals surface area contributed by atoms with E-state index in [0.29, 0.717) is 5.56 Å². The minimum Gasteiger partial charge on any atom is -0.316 e. The molecular weight excluding hydrogens is 238 g/mol. The lowest BCUT2D eigenvalue weighted by Gasteiger charge is -2.33. The third kappa shape index (κ3) is 2.85. The molecule has 1 unspecified atom stereocenters. The number of hydrogen-bond donors (Lipinski definition) is 2. The minimum absolute atomic E-state index is 0.158. The average molecular weight is 256 g/mol. The molecule has 3 nitrogen and oxygen atoms in total. The van der Waals surface area contributed by atoms with Gasteiger partial charge in [0.1, 0.15) is 11.6 Å². The molecule has 18 heavy (non-hydrogen) atoms. The zero-order chi connectivity index (χ0) is 13.1. The Bertz CT molecular complexity index is 406. The molecule has 1 saturated heterocycles. The van der Waals surface area contributed by atoms with Crippen molar-refractivity contribution in [1.29, 1.82) is 0 Å². The molecule has 1 aliphatic heterocycles. The maximum Gasteiger partial charge on any atom is 0.130 e. The van der Waals surface area contributed by atoms with E-state index in [-0.39, 0.29) is 5.92 Å². The van der Waals surface area contributed by atoms with Crippen LogP contribution in [0.15, 0.2) is 18.2 Å². The third-order valence-corrected chi connectivity index (χ3v) is 3.67. The lowest BCUT2D eigenvalue weighted by Crippen LogP contribution is -2.36. The molecule has 2 N–H and O–H groups in total. The van der Waals surface area contributed by atoms with Gasteiger partial charge in [-0.25, -0.2) is 8.78 Å². The molecule has 100 valence electrons. The third-order valence-electron chi connectivity index (χ3n) is 3.67. The topological polar surface area (TPSA) is 35.5 Å². The highest BCUT2D eigenvalue weighted by Gasteiger charge is 2.28. The summed E-state index contributed by atoms with van der Waals surface area (Å²) in [6.07, 6.45) is 1.76. The van der Waals surface area contributed by atoms with Crippen molar-refractivity contribution < 1.29 is 14.0 Å². The molecule has 1 atom stereocenters. The van der Waals surface area contributed by atoms with Gasteiger partial charge in [0.2, 0.25) is 0 Å². The number of likely N-dealkylation sites (tertiary alicyclic amines) is 1. The van der Waals surface area contributed by atoms with Crippen LogP contribution in [0.5, 0.6) is 0 Å². The fourth-order valence-electron chi connectivity index (χ4n) is 2.54. The molecular formula is C13H18F2N2O. The van der Waals surface area contributed by atoms with Crippen molar-refractivity contribution in [3.63, 3.8) is 0 Å². The Morgan fingerprint density at radius 3 is 2.56 bits per heavy atom. The number of hydroxylamine groups is 1. The maximum atomic E-state index is 13.7. The Balaban J connectivity index is 2.17. The van der Waals surface area contributed by atoms with Crippen molar-refractivity contribution in [2.75, 3.05) is 20.1 Å². The highest BCUT2D eigenvalue weighted by Crippen LogP contribution is 2.31. The van der Waals surface area contributed by atoms with Crippen molar-refractivity contribution in [1.82, 2.24) is 10.4 Å². The number of rotatable bonds is 3. The van der Waals surface area contributed by atoms with Gasteiger partial charge in [-0.05, 0) is 45.0 Å². The molecule has 1 aromatic carbocycles. The summed E-state index contributed by atoms with van der Waals surface area (Å²) in [6.45, 7) is 1.84. The van der Waals surface area contributed by atoms with Crippen LogP contribution in [0.2, 0.25) is 0 Å². The zero-order valence-corrected chi connectivity index (χ0v) is 10.4. The molecule has 2 rings (SSSR count). The summed E-state index contributed by atoms with van der Waals surface area (Å²) in [6, 6.07) is 3.00. The minimum atomic E-state index is -0.611. The molecule has 0 saturated carbocycles. The Labute approximate surface area is 105 Å². The molecule has 0 aliphatic carbocycles. The van der Waals surface area contributed by atoms with Gasteiger partial charge in [0.15, 0.2) is 0 Å². The second-order valence-corrected chi connectivity index (χ2v) is 4.91. The highest BCUT2D eigenvalue weighted by molar-refractivity contribution is 5.22. The fraction of sp³-hybridized carbons (Fsp3) is 0.538. The van der Waals surface area contributed by atoms with E-state index in [4.69, 9.17) is 0 Å². The van der Waals surface area contributed by atoms with Crippen molar-refractivity contribution in [3.8, 4) is 0 Å². The summed E-state index contributed by atoms with van der Waals surface area (Å²) < 4.78 is 26.6. The van der Waals surface area contributed by atoms with Crippen molar-refractivity contribution in [3.05, 3.63) is 35.4 Å². The first kappa shape index (κ1) is 13.4. The van der Waals surface area contributed by atoms with Crippen LogP contribution in [-0.2, 0) is 0 Å². The van der Waals surface area contributed by atoms with E-state index in [1.54, 1.807) is 0 Å². The van der Waals surface area contributed by atoms with Crippen LogP contribution in [-0.4, -0.2) is 30.2 Å². The Morgan fingerprint density at radius 1 is 1.33 bits per heavy atom. The summed E-state index contributed by atoms with van der Waals surface area (Å²) in [5.74, 6) is -1.05. The number of halogens is 2. The van der Waals surface area contributed by atoms with E-state index in [1.807, 2.05) is 7.05 Å². The largest absolute Gasteiger partial charge is 0.316 e. The normalized spacial score (nSPS) is 20.0. The standard InChI is InChI=1S/C13H18F2N2O/c1-17-6-4-9(5-7-17)13(16-18)11-3-2-10(14)8-12(11)15/h2-3,8-9,13,16,18H,4-7H2,1H3. The highest BCUT2D eigenvalue weighted by atomic mass is 19.1. The summed E-state index contributed by atoms with van der Waals surface area (Å²) in [5.41, 5.74) is 2.51. The Kier molecular flexibility index (Phi) is 4.27. The summed E-state index contributed by atoms with van der Waals surface area (Å²) in [7, 11) is 2.04. The zero-order valence-electron chi connectivity index (χ0n) is 10.4. The molecule has 1 fully saturated rings. The molecule has 0 amide bonds. The number of hydrogen-bond acceptors (Lipinski definition) is 3. The van der Waals surface area contributed by atoms with Crippen LogP contribution in [0.4, 0.5) is 8.78 Å². The van der Waals surface area contributed by atoms with Crippen LogP contribution in [0.3, 0.4) is 0 Å². The van der Waals surface area contributed by atoms with Crippen LogP contribution in [0, 0.1) is 17.6 Å². The van der Waals surface area contributed by atoms with E-state index in [0.717, 1.165) is 32.0 Å². The molecule has 0 bridgehead atoms. The second-order valence-electron chi connectivity index (χ2n) is 4.91. The molecule has 1 heterocycles. The van der Waals surface area contributed by atoms with Crippen molar-refractivity contribution in [2.45, 2.75) is 18.9 Å². The van der Waals surface area contributed by atoms with Gasteiger partial charge in [0, 0.05) is 11.6 Å². The smallest absolute Gasteiger partial charge is 0.130 e. The van der Waals surface area contributed by atoms with Crippen LogP contribution >= 0.6 is 0 Å². The lowest BCUT2D eigenvalue weighted by molar-refractivity contribution is 0.0707. The van der Waals surface area contributed by atoms with Gasteiger partial charge in [-0.15, -0.1) is 0 Å². The van der Waals surface area contributed by atoms with E-state index in [9.17, 15) is 14.0 Å². The second kappa shape index (κ2) is 5.73. The predicted octanol–water partition coefficient (Wildman–Crippen LogP) is 2.33. The van der Waals surface area contributed by atoms with Gasteiger partial charge in [-0.1, -0.05) is 6.07 Å². The van der Waals surface area contributed by atoms with Gasteiger partial charge < -0.3 is 10.1 Å². The van der Waals surface area contributed by atoms with E-state index < -0.39 is 17.7 Å². The van der Waals surface area contributed by atoms with E-state index >= 15 is 0 Å². The van der Waals surface area contributed by atoms with Crippen molar-refractivity contribution in [2.24, 2.45) is 5.92 Å². The predicted molar refractivity (Wildman–Crippen MR) is 64.2 cm³/mol. The molecule has 0 spiro atoms. The molecule has 0 aromatic heterocycles. The fourth-order valence-corrected chi connectivity index (χ4v) is 2.54. The van der Waals surface area contributed by atoms with E-state index in [1.165, 1.54) is 12.1 Å². The summed E-state index contributed by atoms with van der Waals surface area (Å²) in [5, 5.41) is 9.27. The number of benzene rings is 1. The Hall–Kier alpha value is -1.04. The van der Waals surface area contributed by atoms with Gasteiger partial charge in [0.25, 0.3) is 0 Å². The Morgan fingerprint density at radius 2 is 2.00 bits per heavy atom. The average Bonchev–Trinajstić information content (AvgIpc) is 2.35. The number of piperidine rings is 1. The molecule has 1 aromatic rings. The number of nitrogens with one attached hydrogen (secondary N) is 1. The van der Waals surface area contributed by atoms with Crippen LogP contribution < -0.4 is 5.48 Å². The number of nitrogens with zero attached hydrogens (tertiary/aromatic N) is 1. The summed E-state index contributed by atoms with van der Waals surface area (Å²) in [4.78, 5) is 2.20. The van der Waals surface area contributed by atoms with Gasteiger partial charge in [0.05, 0.1) is 6.04 Å². The SMILES string of the molecule is CN1CCC(C(NO)c2ccc(F)cc2F)CC1. The van der Waals surface area contributed by atoms with Crippen LogP contribution in [0.1, 0.15) is 24.4 Å². The van der Waals surface area contributed by atoms with Gasteiger partial charge >= 0.3 is 0 Å². The first-order chi connectivity index (χ1) is 8.61. The molecule has 1 aliphatic rings. The quantitative estimate of drug-likeness (QED) is 0.815. The summed E-state index contributed by atoms with van der Waals surface area (Å²) >= 11 is 0. The molecule has 0 radical (unpaired) electrons. The monoisotopic (exact) mass is 256 g/mol. The van der Waals surface area contributed by atoms with Gasteiger partial charge in [-0.3, -0.25) is 0 Å². The van der Waals surface area contributed by atoms with E-state index in [2.05, 4.69) is 10.4 Å². The molecule has 5 heteroatoms. The first-order valence-electron chi connectivity index (χ1n) is 6.15. The van der Waals surface area contributed by atoms with Crippen LogP contribution in [0.25, 0.3) is 0 Å².